The van der Waals surface area contributed by atoms with Crippen molar-refractivity contribution < 1.29 is 14.3 Å². The number of benzene rings is 2. The molecule has 4 bridgehead atoms. The Morgan fingerprint density at radius 3 is 2.17 bits per heavy atom. The molecule has 0 heterocycles. The van der Waals surface area contributed by atoms with Crippen LogP contribution in [0.1, 0.15) is 60.0 Å². The Kier molecular flexibility index (Phi) is 4.88. The van der Waals surface area contributed by atoms with Crippen LogP contribution < -0.4 is 4.74 Å². The van der Waals surface area contributed by atoms with E-state index in [1.54, 1.807) is 19.2 Å². The number of rotatable bonds is 5. The fraction of sp³-hybridized carbons (Fsp3) is 0.462. The number of hydrogen-bond donors (Lipinski definition) is 0. The number of aliphatic imine (C=N–C) groups is 1. The number of hydrogen-bond acceptors (Lipinski definition) is 4. The first-order valence-electron chi connectivity index (χ1n) is 11.0. The van der Waals surface area contributed by atoms with Gasteiger partial charge in [-0.2, -0.15) is 0 Å². The molecule has 4 aliphatic carbocycles. The molecule has 4 aliphatic rings. The Morgan fingerprint density at radius 1 is 0.967 bits per heavy atom. The van der Waals surface area contributed by atoms with E-state index in [1.165, 1.54) is 51.2 Å². The summed E-state index contributed by atoms with van der Waals surface area (Å²) in [4.78, 5) is 16.2. The van der Waals surface area contributed by atoms with Gasteiger partial charge in [0.2, 0.25) is 0 Å². The molecule has 2 aromatic rings. The molecule has 30 heavy (non-hydrogen) atoms. The van der Waals surface area contributed by atoms with Crippen molar-refractivity contribution in [1.29, 1.82) is 0 Å². The summed E-state index contributed by atoms with van der Waals surface area (Å²) in [5.74, 6) is 3.38. The summed E-state index contributed by atoms with van der Waals surface area (Å²) in [6.45, 7) is 0. The maximum absolute atomic E-state index is 11.6. The van der Waals surface area contributed by atoms with Gasteiger partial charge in [0.25, 0.3) is 0 Å². The van der Waals surface area contributed by atoms with Gasteiger partial charge in [-0.25, -0.2) is 4.79 Å². The summed E-state index contributed by atoms with van der Waals surface area (Å²) < 4.78 is 10.6. The van der Waals surface area contributed by atoms with Crippen LogP contribution in [0.25, 0.3) is 0 Å². The zero-order valence-corrected chi connectivity index (χ0v) is 17.8. The minimum Gasteiger partial charge on any atom is -0.496 e. The second-order valence-corrected chi connectivity index (χ2v) is 9.45. The third-order valence-electron chi connectivity index (χ3n) is 7.48. The normalized spacial score (nSPS) is 29.3. The van der Waals surface area contributed by atoms with E-state index in [1.807, 2.05) is 18.3 Å². The molecule has 0 aliphatic heterocycles. The van der Waals surface area contributed by atoms with Crippen LogP contribution in [-0.4, -0.2) is 26.4 Å². The van der Waals surface area contributed by atoms with Crippen molar-refractivity contribution in [2.24, 2.45) is 22.7 Å². The molecule has 6 rings (SSSR count). The number of methoxy groups -OCH3 is 2. The first-order chi connectivity index (χ1) is 14.6. The third-order valence-corrected chi connectivity index (χ3v) is 7.48. The molecule has 4 nitrogen and oxygen atoms in total. The number of esters is 1. The van der Waals surface area contributed by atoms with Crippen LogP contribution >= 0.6 is 0 Å². The van der Waals surface area contributed by atoms with E-state index in [4.69, 9.17) is 9.47 Å². The van der Waals surface area contributed by atoms with Crippen molar-refractivity contribution in [2.75, 3.05) is 14.2 Å². The quantitative estimate of drug-likeness (QED) is 0.475. The third kappa shape index (κ3) is 3.42. The van der Waals surface area contributed by atoms with Gasteiger partial charge in [0, 0.05) is 11.8 Å². The van der Waals surface area contributed by atoms with Gasteiger partial charge in [0.15, 0.2) is 0 Å². The second kappa shape index (κ2) is 7.57. The minimum absolute atomic E-state index is 0.284. The van der Waals surface area contributed by atoms with E-state index < -0.39 is 0 Å². The summed E-state index contributed by atoms with van der Waals surface area (Å²) in [7, 11) is 3.18. The predicted molar refractivity (Wildman–Crippen MR) is 118 cm³/mol. The number of nitrogens with zero attached hydrogens (tertiary/aromatic N) is 1. The van der Waals surface area contributed by atoms with Crippen LogP contribution in [0.15, 0.2) is 47.5 Å². The summed E-state index contributed by atoms with van der Waals surface area (Å²) in [5, 5.41) is 0. The standard InChI is InChI=1S/C26H29NO3/c1-29-24-8-3-17(16-27-22-6-4-21(5-7-22)25(28)30-2)12-23(24)26-13-18-9-19(14-26)11-20(10-18)15-26/h3-8,12,16,18-20H,9-11,13-15H2,1-2H3/b27-16+. The second-order valence-electron chi connectivity index (χ2n) is 9.45. The zero-order valence-electron chi connectivity index (χ0n) is 17.8. The van der Waals surface area contributed by atoms with Gasteiger partial charge >= 0.3 is 5.97 Å². The minimum atomic E-state index is -0.333. The van der Waals surface area contributed by atoms with Gasteiger partial charge in [-0.3, -0.25) is 4.99 Å². The molecule has 0 unspecified atom stereocenters. The van der Waals surface area contributed by atoms with Gasteiger partial charge in [-0.15, -0.1) is 0 Å². The Labute approximate surface area is 178 Å². The fourth-order valence-electron chi connectivity index (χ4n) is 6.61. The molecule has 0 amide bonds. The van der Waals surface area contributed by atoms with E-state index in [9.17, 15) is 4.79 Å². The van der Waals surface area contributed by atoms with Crippen LogP contribution in [-0.2, 0) is 10.2 Å². The molecular weight excluding hydrogens is 374 g/mol. The Bertz CT molecular complexity index is 941. The molecule has 4 heteroatoms. The summed E-state index contributed by atoms with van der Waals surface area (Å²) in [5.41, 5.74) is 4.11. The van der Waals surface area contributed by atoms with E-state index in [2.05, 4.69) is 23.2 Å². The fourth-order valence-corrected chi connectivity index (χ4v) is 6.61. The average Bonchev–Trinajstić information content (AvgIpc) is 2.76. The molecule has 2 aromatic carbocycles. The maximum atomic E-state index is 11.6. The molecule has 156 valence electrons. The predicted octanol–water partition coefficient (Wildman–Crippen LogP) is 5.70. The van der Waals surface area contributed by atoms with Crippen LogP contribution in [0, 0.1) is 17.8 Å². The lowest BCUT2D eigenvalue weighted by Gasteiger charge is -2.57. The molecule has 0 N–H and O–H groups in total. The van der Waals surface area contributed by atoms with Crippen molar-refractivity contribution in [3.05, 3.63) is 59.2 Å². The molecule has 0 radical (unpaired) electrons. The highest BCUT2D eigenvalue weighted by Crippen LogP contribution is 2.61. The van der Waals surface area contributed by atoms with E-state index in [-0.39, 0.29) is 11.4 Å². The highest BCUT2D eigenvalue weighted by atomic mass is 16.5. The van der Waals surface area contributed by atoms with Gasteiger partial charge < -0.3 is 9.47 Å². The van der Waals surface area contributed by atoms with Crippen LogP contribution in [0.5, 0.6) is 5.75 Å². The summed E-state index contributed by atoms with van der Waals surface area (Å²) in [6.07, 6.45) is 10.1. The highest BCUT2D eigenvalue weighted by Gasteiger charge is 2.52. The lowest BCUT2D eigenvalue weighted by Crippen LogP contribution is -2.48. The van der Waals surface area contributed by atoms with E-state index >= 15 is 0 Å². The number of carbonyl (C=O) groups is 1. The lowest BCUT2D eigenvalue weighted by atomic mass is 9.48. The Balaban J connectivity index is 1.42. The summed E-state index contributed by atoms with van der Waals surface area (Å²) >= 11 is 0. The first-order valence-corrected chi connectivity index (χ1v) is 11.0. The van der Waals surface area contributed by atoms with Gasteiger partial charge in [-0.1, -0.05) is 0 Å². The summed E-state index contributed by atoms with van der Waals surface area (Å²) in [6, 6.07) is 13.7. The molecule has 0 aromatic heterocycles. The van der Waals surface area contributed by atoms with E-state index in [0.717, 1.165) is 34.8 Å². The monoisotopic (exact) mass is 403 g/mol. The van der Waals surface area contributed by atoms with Gasteiger partial charge in [-0.05, 0) is 110 Å². The molecule has 4 saturated carbocycles. The average molecular weight is 404 g/mol. The number of ether oxygens (including phenoxy) is 2. The topological polar surface area (TPSA) is 47.9 Å². The Morgan fingerprint density at radius 2 is 1.60 bits per heavy atom. The lowest BCUT2D eigenvalue weighted by molar-refractivity contribution is -0.00616. The van der Waals surface area contributed by atoms with Crippen molar-refractivity contribution in [1.82, 2.24) is 0 Å². The van der Waals surface area contributed by atoms with Crippen molar-refractivity contribution in [3.63, 3.8) is 0 Å². The SMILES string of the molecule is COC(=O)c1ccc(/N=C/c2ccc(OC)c(C34CC5CC(CC(C5)C3)C4)c2)cc1. The Hall–Kier alpha value is -2.62. The van der Waals surface area contributed by atoms with Crippen molar-refractivity contribution in [3.8, 4) is 5.75 Å². The van der Waals surface area contributed by atoms with Gasteiger partial charge in [0.1, 0.15) is 5.75 Å². The molecular formula is C26H29NO3. The zero-order chi connectivity index (χ0) is 20.7. The maximum Gasteiger partial charge on any atom is 0.337 e. The first kappa shape index (κ1) is 19.3. The van der Waals surface area contributed by atoms with Crippen LogP contribution in [0.2, 0.25) is 0 Å². The largest absolute Gasteiger partial charge is 0.496 e. The van der Waals surface area contributed by atoms with Crippen molar-refractivity contribution >= 4 is 17.9 Å². The van der Waals surface area contributed by atoms with Gasteiger partial charge in [0.05, 0.1) is 25.5 Å². The van der Waals surface area contributed by atoms with Crippen LogP contribution in [0.4, 0.5) is 5.69 Å². The van der Waals surface area contributed by atoms with E-state index in [0.29, 0.717) is 5.56 Å². The smallest absolute Gasteiger partial charge is 0.337 e. The highest BCUT2D eigenvalue weighted by molar-refractivity contribution is 5.90. The molecule has 4 fully saturated rings. The molecule has 0 spiro atoms. The molecule has 0 atom stereocenters. The number of carbonyl (C=O) groups excluding carboxylic acids is 1. The van der Waals surface area contributed by atoms with Crippen LogP contribution in [0.3, 0.4) is 0 Å². The van der Waals surface area contributed by atoms with Crippen molar-refractivity contribution in [2.45, 2.75) is 43.9 Å². The molecule has 0 saturated heterocycles.